The molecule has 0 atom stereocenters. The Kier molecular flexibility index (Phi) is 5.51. The van der Waals surface area contributed by atoms with Crippen molar-refractivity contribution in [3.63, 3.8) is 0 Å². The lowest BCUT2D eigenvalue weighted by Gasteiger charge is -2.32. The Morgan fingerprint density at radius 2 is 2.00 bits per heavy atom. The first-order chi connectivity index (χ1) is 12.7. The van der Waals surface area contributed by atoms with Gasteiger partial charge in [0.25, 0.3) is 0 Å². The van der Waals surface area contributed by atoms with E-state index in [2.05, 4.69) is 10.1 Å². The monoisotopic (exact) mass is 373 g/mol. The fourth-order valence-corrected chi connectivity index (χ4v) is 2.72. The summed E-state index contributed by atoms with van der Waals surface area (Å²) in [5.41, 5.74) is 0.495. The number of rotatable bonds is 6. The van der Waals surface area contributed by atoms with Crippen molar-refractivity contribution in [3.05, 3.63) is 42.0 Å². The highest BCUT2D eigenvalue weighted by Crippen LogP contribution is 2.39. The van der Waals surface area contributed by atoms with E-state index in [9.17, 15) is 4.39 Å². The Morgan fingerprint density at radius 1 is 1.30 bits per heavy atom. The maximum Gasteiger partial charge on any atom is 0.525 e. The van der Waals surface area contributed by atoms with Gasteiger partial charge in [-0.15, -0.1) is 0 Å². The molecule has 6 nitrogen and oxygen atoms in total. The van der Waals surface area contributed by atoms with E-state index in [4.69, 9.17) is 14.0 Å². The Hall–Kier alpha value is -2.03. The van der Waals surface area contributed by atoms with Crippen molar-refractivity contribution in [1.82, 2.24) is 14.8 Å². The van der Waals surface area contributed by atoms with Crippen molar-refractivity contribution in [3.8, 4) is 11.3 Å². The summed E-state index contributed by atoms with van der Waals surface area (Å²) in [6, 6.07) is 5.57. The van der Waals surface area contributed by atoms with Gasteiger partial charge in [0.2, 0.25) is 0 Å². The highest BCUT2D eigenvalue weighted by Gasteiger charge is 2.53. The molecule has 0 saturated carbocycles. The number of hydrogen-bond donors (Lipinski definition) is 0. The number of aromatic nitrogens is 3. The summed E-state index contributed by atoms with van der Waals surface area (Å²) in [5, 5.41) is 4.56. The summed E-state index contributed by atoms with van der Waals surface area (Å²) in [6.07, 6.45) is 4.83. The van der Waals surface area contributed by atoms with E-state index >= 15 is 0 Å². The molecular formula is C19H25BFN3O3. The Bertz CT molecular complexity index is 805. The summed E-state index contributed by atoms with van der Waals surface area (Å²) < 4.78 is 33.3. The molecule has 0 amide bonds. The first-order valence-electron chi connectivity index (χ1n) is 8.93. The fraction of sp³-hybridized carbons (Fsp3) is 0.474. The van der Waals surface area contributed by atoms with Crippen LogP contribution in [-0.2, 0) is 20.6 Å². The van der Waals surface area contributed by atoms with Gasteiger partial charge < -0.3 is 14.0 Å². The summed E-state index contributed by atoms with van der Waals surface area (Å²) >= 11 is 0. The maximum absolute atomic E-state index is 14.9. The van der Waals surface area contributed by atoms with Crippen molar-refractivity contribution in [1.29, 1.82) is 0 Å². The highest BCUT2D eigenvalue weighted by atomic mass is 19.1. The second-order valence-corrected chi connectivity index (χ2v) is 7.53. The smallest absolute Gasteiger partial charge is 0.398 e. The molecule has 0 N–H and O–H groups in total. The number of nitrogens with zero attached hydrogens (tertiary/aromatic N) is 3. The third kappa shape index (κ3) is 4.13. The number of methoxy groups -OCH3 is 1. The molecule has 0 aromatic carbocycles. The average molecular weight is 373 g/mol. The van der Waals surface area contributed by atoms with Gasteiger partial charge in [-0.05, 0) is 52.0 Å². The second kappa shape index (κ2) is 7.54. The van der Waals surface area contributed by atoms with Crippen LogP contribution in [0.1, 0.15) is 33.4 Å². The van der Waals surface area contributed by atoms with E-state index in [1.807, 2.05) is 45.9 Å². The SMILES string of the molecule is COCCn1nc(-c2cccnc2)cc1C=C(F)B1OC(C)(C)C(C)(C)O1. The average Bonchev–Trinajstić information content (AvgIpc) is 3.11. The Morgan fingerprint density at radius 3 is 2.59 bits per heavy atom. The molecule has 8 heteroatoms. The largest absolute Gasteiger partial charge is 0.525 e. The van der Waals surface area contributed by atoms with Crippen LogP contribution in [0.25, 0.3) is 17.3 Å². The fourth-order valence-electron chi connectivity index (χ4n) is 2.72. The molecule has 0 aliphatic carbocycles. The van der Waals surface area contributed by atoms with Gasteiger partial charge in [-0.2, -0.15) is 5.10 Å². The van der Waals surface area contributed by atoms with Crippen LogP contribution in [0.15, 0.2) is 36.3 Å². The topological polar surface area (TPSA) is 58.4 Å². The van der Waals surface area contributed by atoms with Gasteiger partial charge in [-0.25, -0.2) is 4.39 Å². The molecule has 0 spiro atoms. The maximum atomic E-state index is 14.9. The van der Waals surface area contributed by atoms with Crippen molar-refractivity contribution in [2.45, 2.75) is 45.4 Å². The standard InChI is InChI=1S/C19H25BFN3O3/c1-18(2)19(3,4)27-20(26-18)17(21)12-15-11-16(14-7-6-8-22-13-14)23-24(15)9-10-25-5/h6-8,11-13H,9-10H2,1-5H3. The zero-order valence-corrected chi connectivity index (χ0v) is 16.4. The van der Waals surface area contributed by atoms with E-state index in [0.29, 0.717) is 24.5 Å². The van der Waals surface area contributed by atoms with Crippen molar-refractivity contribution in [2.75, 3.05) is 13.7 Å². The van der Waals surface area contributed by atoms with E-state index in [-0.39, 0.29) is 0 Å². The van der Waals surface area contributed by atoms with Gasteiger partial charge in [-0.1, -0.05) is 0 Å². The minimum atomic E-state index is -1.04. The number of hydrogen-bond acceptors (Lipinski definition) is 5. The minimum absolute atomic E-state index is 0.465. The van der Waals surface area contributed by atoms with Gasteiger partial charge >= 0.3 is 7.12 Å². The summed E-state index contributed by atoms with van der Waals surface area (Å²) in [4.78, 5) is 4.11. The van der Waals surface area contributed by atoms with E-state index in [1.165, 1.54) is 6.08 Å². The molecule has 144 valence electrons. The minimum Gasteiger partial charge on any atom is -0.398 e. The predicted octanol–water partition coefficient (Wildman–Crippen LogP) is 3.53. The van der Waals surface area contributed by atoms with Crippen LogP contribution in [0, 0.1) is 0 Å². The second-order valence-electron chi connectivity index (χ2n) is 7.53. The molecule has 1 saturated heterocycles. The molecule has 0 bridgehead atoms. The summed E-state index contributed by atoms with van der Waals surface area (Å²) in [7, 11) is 0.578. The van der Waals surface area contributed by atoms with Crippen LogP contribution >= 0.6 is 0 Å². The summed E-state index contributed by atoms with van der Waals surface area (Å²) in [5.74, 6) is 0. The lowest BCUT2D eigenvalue weighted by molar-refractivity contribution is 0.00578. The van der Waals surface area contributed by atoms with Crippen LogP contribution < -0.4 is 0 Å². The third-order valence-corrected chi connectivity index (χ3v) is 5.04. The molecule has 1 fully saturated rings. The summed E-state index contributed by atoms with van der Waals surface area (Å²) in [6.45, 7) is 8.53. The van der Waals surface area contributed by atoms with Gasteiger partial charge in [0.05, 0.1) is 35.7 Å². The van der Waals surface area contributed by atoms with Gasteiger partial charge in [-0.3, -0.25) is 9.67 Å². The van der Waals surface area contributed by atoms with Crippen LogP contribution in [0.2, 0.25) is 0 Å². The molecule has 27 heavy (non-hydrogen) atoms. The lowest BCUT2D eigenvalue weighted by atomic mass is 9.87. The van der Waals surface area contributed by atoms with Gasteiger partial charge in [0.15, 0.2) is 0 Å². The van der Waals surface area contributed by atoms with Crippen LogP contribution in [0.3, 0.4) is 0 Å². The normalized spacial score (nSPS) is 18.9. The predicted molar refractivity (Wildman–Crippen MR) is 103 cm³/mol. The number of pyridine rings is 1. The van der Waals surface area contributed by atoms with Gasteiger partial charge in [0.1, 0.15) is 5.73 Å². The molecule has 0 unspecified atom stereocenters. The molecular weight excluding hydrogens is 348 g/mol. The molecule has 3 rings (SSSR count). The molecule has 2 aromatic heterocycles. The zero-order valence-electron chi connectivity index (χ0n) is 16.4. The van der Waals surface area contributed by atoms with Crippen molar-refractivity contribution < 1.29 is 18.4 Å². The zero-order chi connectivity index (χ0) is 19.7. The van der Waals surface area contributed by atoms with Crippen LogP contribution in [0.5, 0.6) is 0 Å². The molecule has 2 aromatic rings. The Balaban J connectivity index is 1.90. The molecule has 1 aliphatic heterocycles. The third-order valence-electron chi connectivity index (χ3n) is 5.04. The van der Waals surface area contributed by atoms with E-state index in [0.717, 1.165) is 5.56 Å². The van der Waals surface area contributed by atoms with Gasteiger partial charge in [0, 0.05) is 25.1 Å². The van der Waals surface area contributed by atoms with Crippen molar-refractivity contribution >= 4 is 13.2 Å². The Labute approximate surface area is 159 Å². The van der Waals surface area contributed by atoms with Crippen LogP contribution in [0.4, 0.5) is 4.39 Å². The molecule has 0 radical (unpaired) electrons. The first kappa shape index (κ1) is 19.7. The van der Waals surface area contributed by atoms with E-state index in [1.54, 1.807) is 24.2 Å². The molecule has 3 heterocycles. The highest BCUT2D eigenvalue weighted by molar-refractivity contribution is 6.54. The van der Waals surface area contributed by atoms with Crippen molar-refractivity contribution in [2.24, 2.45) is 0 Å². The lowest BCUT2D eigenvalue weighted by Crippen LogP contribution is -2.41. The first-order valence-corrected chi connectivity index (χ1v) is 8.93. The quantitative estimate of drug-likeness (QED) is 0.725. The molecule has 1 aliphatic rings. The van der Waals surface area contributed by atoms with E-state index < -0.39 is 24.0 Å². The van der Waals surface area contributed by atoms with Crippen LogP contribution in [-0.4, -0.2) is 46.8 Å². The number of halogens is 1. The number of ether oxygens (including phenoxy) is 1.